The van der Waals surface area contributed by atoms with Gasteiger partial charge in [0.05, 0.1) is 5.52 Å². The van der Waals surface area contributed by atoms with Crippen LogP contribution in [0.2, 0.25) is 0 Å². The Morgan fingerprint density at radius 1 is 1.33 bits per heavy atom. The minimum absolute atomic E-state index is 0.00593. The summed E-state index contributed by atoms with van der Waals surface area (Å²) in [5, 5.41) is 21.2. The first-order valence-electron chi connectivity index (χ1n) is 4.33. The Morgan fingerprint density at radius 3 is 2.87 bits per heavy atom. The van der Waals surface area contributed by atoms with Crippen molar-refractivity contribution in [1.29, 1.82) is 5.26 Å². The Labute approximate surface area is 86.1 Å². The largest absolute Gasteiger partial charge is 0.410 e. The molecule has 0 aliphatic rings. The van der Waals surface area contributed by atoms with E-state index in [4.69, 9.17) is 10.5 Å². The minimum Gasteiger partial charge on any atom is -0.410 e. The van der Waals surface area contributed by atoms with Gasteiger partial charge >= 0.3 is 0 Å². The molecule has 4 nitrogen and oxygen atoms in total. The highest BCUT2D eigenvalue weighted by Gasteiger charge is 2.07. The van der Waals surface area contributed by atoms with Crippen molar-refractivity contribution < 1.29 is 5.21 Å². The number of nitrogens with zero attached hydrogens (tertiary/aromatic N) is 3. The summed E-state index contributed by atoms with van der Waals surface area (Å²) in [7, 11) is 0. The quantitative estimate of drug-likeness (QED) is 0.431. The van der Waals surface area contributed by atoms with Crippen molar-refractivity contribution in [2.24, 2.45) is 5.16 Å². The molecule has 0 spiro atoms. The molecule has 1 N–H and O–H groups in total. The summed E-state index contributed by atoms with van der Waals surface area (Å²) >= 11 is 0. The van der Waals surface area contributed by atoms with E-state index in [1.165, 1.54) is 0 Å². The highest BCUT2D eigenvalue weighted by Crippen LogP contribution is 2.16. The fourth-order valence-corrected chi connectivity index (χ4v) is 1.44. The molecule has 0 unspecified atom stereocenters. The third kappa shape index (κ3) is 1.51. The molecule has 2 aromatic rings. The zero-order chi connectivity index (χ0) is 10.7. The number of rotatable bonds is 1. The number of hydrogen-bond acceptors (Lipinski definition) is 4. The van der Waals surface area contributed by atoms with Gasteiger partial charge in [0, 0.05) is 17.1 Å². The molecule has 1 heterocycles. The number of fused-ring (bicyclic) bond motifs is 1. The summed E-state index contributed by atoms with van der Waals surface area (Å²) < 4.78 is 0. The van der Waals surface area contributed by atoms with Gasteiger partial charge in [0.25, 0.3) is 0 Å². The first kappa shape index (κ1) is 9.16. The van der Waals surface area contributed by atoms with Gasteiger partial charge in [0.2, 0.25) is 0 Å². The van der Waals surface area contributed by atoms with Crippen LogP contribution in [-0.4, -0.2) is 15.9 Å². The van der Waals surface area contributed by atoms with E-state index in [1.807, 2.05) is 30.3 Å². The molecule has 15 heavy (non-hydrogen) atoms. The van der Waals surface area contributed by atoms with Crippen molar-refractivity contribution >= 4 is 16.6 Å². The zero-order valence-corrected chi connectivity index (χ0v) is 7.75. The molecule has 0 atom stereocenters. The molecule has 0 aliphatic heterocycles. The Balaban J connectivity index is 2.78. The van der Waals surface area contributed by atoms with Gasteiger partial charge in [-0.05, 0) is 12.1 Å². The first-order chi connectivity index (χ1) is 7.36. The van der Waals surface area contributed by atoms with E-state index in [0.29, 0.717) is 5.56 Å². The van der Waals surface area contributed by atoms with Gasteiger partial charge in [0.1, 0.15) is 6.07 Å². The lowest BCUT2D eigenvalue weighted by molar-refractivity contribution is 0.320. The molecule has 2 rings (SSSR count). The molecule has 0 aliphatic carbocycles. The van der Waals surface area contributed by atoms with Crippen LogP contribution in [0.25, 0.3) is 10.9 Å². The standard InChI is InChI=1S/C11H7N3O/c12-7-11(14-15)9-5-6-13-10-4-2-1-3-8(9)10/h1-6,15H/b14-11-. The first-order valence-corrected chi connectivity index (χ1v) is 4.33. The molecule has 0 radical (unpaired) electrons. The normalized spacial score (nSPS) is 11.3. The van der Waals surface area contributed by atoms with Crippen LogP contribution in [-0.2, 0) is 0 Å². The van der Waals surface area contributed by atoms with Crippen LogP contribution in [0.5, 0.6) is 0 Å². The fourth-order valence-electron chi connectivity index (χ4n) is 1.44. The van der Waals surface area contributed by atoms with Gasteiger partial charge in [0.15, 0.2) is 5.71 Å². The number of aromatic nitrogens is 1. The van der Waals surface area contributed by atoms with Gasteiger partial charge in [-0.2, -0.15) is 5.26 Å². The Bertz CT molecular complexity index is 564. The van der Waals surface area contributed by atoms with Crippen molar-refractivity contribution in [3.05, 3.63) is 42.1 Å². The smallest absolute Gasteiger partial charge is 0.187 e. The van der Waals surface area contributed by atoms with Crippen LogP contribution in [0, 0.1) is 11.3 Å². The van der Waals surface area contributed by atoms with Crippen LogP contribution in [0.1, 0.15) is 5.56 Å². The average molecular weight is 197 g/mol. The van der Waals surface area contributed by atoms with Gasteiger partial charge in [-0.25, -0.2) is 0 Å². The van der Waals surface area contributed by atoms with E-state index in [0.717, 1.165) is 10.9 Å². The van der Waals surface area contributed by atoms with E-state index < -0.39 is 0 Å². The van der Waals surface area contributed by atoms with Crippen molar-refractivity contribution in [3.8, 4) is 6.07 Å². The van der Waals surface area contributed by atoms with Gasteiger partial charge < -0.3 is 5.21 Å². The lowest BCUT2D eigenvalue weighted by Crippen LogP contribution is -1.98. The third-order valence-electron chi connectivity index (χ3n) is 2.11. The molecule has 0 saturated carbocycles. The molecule has 0 saturated heterocycles. The number of hydrogen-bond donors (Lipinski definition) is 1. The maximum atomic E-state index is 8.78. The van der Waals surface area contributed by atoms with Crippen LogP contribution < -0.4 is 0 Å². The summed E-state index contributed by atoms with van der Waals surface area (Å²) in [4.78, 5) is 4.15. The average Bonchev–Trinajstić information content (AvgIpc) is 2.31. The maximum absolute atomic E-state index is 8.78. The van der Waals surface area contributed by atoms with Crippen molar-refractivity contribution in [3.63, 3.8) is 0 Å². The SMILES string of the molecule is N#C/C(=N/O)c1ccnc2ccccc12. The number of oxime groups is 1. The van der Waals surface area contributed by atoms with E-state index in [-0.39, 0.29) is 5.71 Å². The monoisotopic (exact) mass is 197 g/mol. The summed E-state index contributed by atoms with van der Waals surface area (Å²) in [6, 6.07) is 10.9. The van der Waals surface area contributed by atoms with Crippen LogP contribution in [0.4, 0.5) is 0 Å². The summed E-state index contributed by atoms with van der Waals surface area (Å²) in [6.07, 6.45) is 1.58. The summed E-state index contributed by atoms with van der Waals surface area (Å²) in [5.41, 5.74) is 1.35. The van der Waals surface area contributed by atoms with E-state index in [1.54, 1.807) is 12.3 Å². The zero-order valence-electron chi connectivity index (χ0n) is 7.75. The molecule has 0 bridgehead atoms. The number of para-hydroxylation sites is 1. The van der Waals surface area contributed by atoms with Crippen molar-refractivity contribution in [1.82, 2.24) is 4.98 Å². The molecular formula is C11H7N3O. The number of pyridine rings is 1. The highest BCUT2D eigenvalue weighted by molar-refractivity contribution is 6.17. The predicted octanol–water partition coefficient (Wildman–Crippen LogP) is 1.94. The third-order valence-corrected chi connectivity index (χ3v) is 2.11. The molecule has 4 heteroatoms. The summed E-state index contributed by atoms with van der Waals surface area (Å²) in [6.45, 7) is 0. The molecule has 0 fully saturated rings. The molecule has 0 amide bonds. The Morgan fingerprint density at radius 2 is 2.13 bits per heavy atom. The predicted molar refractivity (Wildman–Crippen MR) is 55.7 cm³/mol. The van der Waals surface area contributed by atoms with E-state index >= 15 is 0 Å². The molecule has 1 aromatic heterocycles. The van der Waals surface area contributed by atoms with Crippen LogP contribution in [0.15, 0.2) is 41.7 Å². The topological polar surface area (TPSA) is 69.3 Å². The van der Waals surface area contributed by atoms with E-state index in [2.05, 4.69) is 10.1 Å². The summed E-state index contributed by atoms with van der Waals surface area (Å²) in [5.74, 6) is 0. The van der Waals surface area contributed by atoms with Crippen molar-refractivity contribution in [2.45, 2.75) is 0 Å². The minimum atomic E-state index is -0.00593. The Kier molecular flexibility index (Phi) is 2.30. The van der Waals surface area contributed by atoms with E-state index in [9.17, 15) is 0 Å². The van der Waals surface area contributed by atoms with Crippen LogP contribution >= 0.6 is 0 Å². The fraction of sp³-hybridized carbons (Fsp3) is 0. The van der Waals surface area contributed by atoms with Gasteiger partial charge in [-0.1, -0.05) is 23.4 Å². The highest BCUT2D eigenvalue weighted by atomic mass is 16.4. The second kappa shape index (κ2) is 3.76. The number of benzene rings is 1. The lowest BCUT2D eigenvalue weighted by Gasteiger charge is -2.01. The van der Waals surface area contributed by atoms with Crippen LogP contribution in [0.3, 0.4) is 0 Å². The second-order valence-electron chi connectivity index (χ2n) is 2.94. The number of nitriles is 1. The Hall–Kier alpha value is -2.41. The molecule has 1 aromatic carbocycles. The second-order valence-corrected chi connectivity index (χ2v) is 2.94. The lowest BCUT2D eigenvalue weighted by atomic mass is 10.1. The van der Waals surface area contributed by atoms with Crippen molar-refractivity contribution in [2.75, 3.05) is 0 Å². The van der Waals surface area contributed by atoms with Gasteiger partial charge in [-0.15, -0.1) is 0 Å². The molecule has 72 valence electrons. The maximum Gasteiger partial charge on any atom is 0.187 e. The molecular weight excluding hydrogens is 190 g/mol. The van der Waals surface area contributed by atoms with Gasteiger partial charge in [-0.3, -0.25) is 4.98 Å².